The second kappa shape index (κ2) is 7.85. The van der Waals surface area contributed by atoms with Gasteiger partial charge in [0.1, 0.15) is 18.3 Å². The Morgan fingerprint density at radius 3 is 1.80 bits per heavy atom. The van der Waals surface area contributed by atoms with Gasteiger partial charge in [0.15, 0.2) is 6.29 Å². The molecule has 0 spiro atoms. The molecule has 0 aromatic carbocycles. The van der Waals surface area contributed by atoms with Gasteiger partial charge in [-0.25, -0.2) is 4.57 Å². The largest absolute Gasteiger partial charge is 0.466 e. The lowest BCUT2D eigenvalue weighted by Gasteiger charge is -2.16. The minimum absolute atomic E-state index is 0.0102. The Kier molecular flexibility index (Phi) is 7.65. The van der Waals surface area contributed by atoms with Crippen molar-refractivity contribution in [2.24, 2.45) is 0 Å². The standard InChI is InChI=1S/C5H10O5.H3O4P/c6-1-3(8)5(10)4(9)2-7;1-5(2,3)4/h1,3-5,7-10H,2H2;(H3,1,2,3,4)/t3-,4+,5-;/m0./s1/i2D;/t2?,3-,4+,5-;. The fraction of sp³-hybridized carbons (Fsp3) is 0.800. The van der Waals surface area contributed by atoms with Crippen LogP contribution in [0.5, 0.6) is 0 Å². The van der Waals surface area contributed by atoms with Gasteiger partial charge < -0.3 is 39.9 Å². The molecule has 1 unspecified atom stereocenters. The van der Waals surface area contributed by atoms with Crippen molar-refractivity contribution in [3.8, 4) is 0 Å². The number of rotatable bonds is 4. The van der Waals surface area contributed by atoms with Crippen LogP contribution in [-0.2, 0) is 9.36 Å². The lowest BCUT2D eigenvalue weighted by molar-refractivity contribution is -0.127. The molecule has 92 valence electrons. The zero-order valence-corrected chi connectivity index (χ0v) is 8.18. The van der Waals surface area contributed by atoms with Gasteiger partial charge in [-0.05, 0) is 0 Å². The van der Waals surface area contributed by atoms with Crippen molar-refractivity contribution < 1.29 is 45.8 Å². The van der Waals surface area contributed by atoms with E-state index in [0.29, 0.717) is 0 Å². The lowest BCUT2D eigenvalue weighted by Crippen LogP contribution is -2.40. The second-order valence-electron chi connectivity index (χ2n) is 2.27. The average molecular weight is 249 g/mol. The Bertz CT molecular complexity index is 232. The topological polar surface area (TPSA) is 176 Å². The van der Waals surface area contributed by atoms with Gasteiger partial charge in [0.25, 0.3) is 0 Å². The van der Waals surface area contributed by atoms with Crippen LogP contribution in [0.15, 0.2) is 0 Å². The van der Waals surface area contributed by atoms with E-state index in [1.807, 2.05) is 0 Å². The monoisotopic (exact) mass is 249 g/mol. The van der Waals surface area contributed by atoms with E-state index in [1.165, 1.54) is 0 Å². The molecule has 0 heterocycles. The van der Waals surface area contributed by atoms with Crippen LogP contribution in [0.2, 0.25) is 0 Å². The molecule has 0 aliphatic heterocycles. The summed E-state index contributed by atoms with van der Waals surface area (Å²) in [7, 11) is -4.64. The van der Waals surface area contributed by atoms with Gasteiger partial charge in [-0.1, -0.05) is 0 Å². The maximum absolute atomic E-state index is 9.81. The van der Waals surface area contributed by atoms with Gasteiger partial charge >= 0.3 is 7.82 Å². The normalized spacial score (nSPS) is 20.1. The predicted molar refractivity (Wildman–Crippen MR) is 45.4 cm³/mol. The highest BCUT2D eigenvalue weighted by Gasteiger charge is 2.22. The molecule has 9 nitrogen and oxygen atoms in total. The first-order valence-electron chi connectivity index (χ1n) is 3.96. The molecule has 0 aliphatic carbocycles. The zero-order valence-electron chi connectivity index (χ0n) is 8.28. The van der Waals surface area contributed by atoms with Gasteiger partial charge in [-0.2, -0.15) is 0 Å². The van der Waals surface area contributed by atoms with Crippen LogP contribution in [0.25, 0.3) is 0 Å². The smallest absolute Gasteiger partial charge is 0.394 e. The van der Waals surface area contributed by atoms with E-state index in [4.69, 9.17) is 41.0 Å². The highest BCUT2D eigenvalue weighted by molar-refractivity contribution is 7.45. The van der Waals surface area contributed by atoms with Crippen LogP contribution in [-0.4, -0.2) is 66.3 Å². The van der Waals surface area contributed by atoms with Gasteiger partial charge in [0, 0.05) is 0 Å². The molecule has 4 atom stereocenters. The van der Waals surface area contributed by atoms with E-state index in [9.17, 15) is 4.79 Å². The number of hydrogen-bond acceptors (Lipinski definition) is 6. The molecular formula is C5H13O9P. The third kappa shape index (κ3) is 13.6. The van der Waals surface area contributed by atoms with Crippen LogP contribution >= 0.6 is 7.82 Å². The van der Waals surface area contributed by atoms with Gasteiger partial charge in [0.05, 0.1) is 7.95 Å². The summed E-state index contributed by atoms with van der Waals surface area (Å²) in [6, 6.07) is 0. The Morgan fingerprint density at radius 1 is 1.27 bits per heavy atom. The van der Waals surface area contributed by atoms with E-state index in [2.05, 4.69) is 0 Å². The third-order valence-corrected chi connectivity index (χ3v) is 0.992. The number of carbonyl (C=O) groups is 1. The number of aliphatic hydroxyl groups excluding tert-OH is 4. The van der Waals surface area contributed by atoms with E-state index < -0.39 is 32.7 Å². The molecule has 0 bridgehead atoms. The van der Waals surface area contributed by atoms with E-state index in [0.717, 1.165) is 0 Å². The summed E-state index contributed by atoms with van der Waals surface area (Å²) in [6.45, 7) is -1.93. The van der Waals surface area contributed by atoms with Crippen LogP contribution < -0.4 is 0 Å². The minimum Gasteiger partial charge on any atom is -0.394 e. The molecule has 0 radical (unpaired) electrons. The molecule has 0 amide bonds. The van der Waals surface area contributed by atoms with Crippen molar-refractivity contribution in [1.29, 1.82) is 0 Å². The van der Waals surface area contributed by atoms with Crippen molar-refractivity contribution in [2.75, 3.05) is 6.58 Å². The molecule has 0 rings (SSSR count). The summed E-state index contributed by atoms with van der Waals surface area (Å²) in [5, 5.41) is 34.4. The number of hydrogen-bond donors (Lipinski definition) is 7. The van der Waals surface area contributed by atoms with Gasteiger partial charge in [-0.3, -0.25) is 0 Å². The summed E-state index contributed by atoms with van der Waals surface area (Å²) in [6.07, 6.45) is -5.42. The Labute approximate surface area is 85.9 Å². The van der Waals surface area contributed by atoms with Crippen LogP contribution in [0.1, 0.15) is 1.37 Å². The average Bonchev–Trinajstić information content (AvgIpc) is 2.11. The molecule has 0 aliphatic rings. The van der Waals surface area contributed by atoms with Gasteiger partial charge in [0.2, 0.25) is 0 Å². The van der Waals surface area contributed by atoms with E-state index >= 15 is 0 Å². The first-order chi connectivity index (χ1) is 7.00. The number of aliphatic hydroxyl groups is 4. The molecule has 0 fully saturated rings. The molecule has 0 saturated heterocycles. The number of carbonyl (C=O) groups excluding carboxylic acids is 1. The van der Waals surface area contributed by atoms with Crippen LogP contribution in [0.4, 0.5) is 0 Å². The summed E-state index contributed by atoms with van der Waals surface area (Å²) < 4.78 is 15.4. The maximum Gasteiger partial charge on any atom is 0.466 e. The molecule has 0 aromatic heterocycles. The van der Waals surface area contributed by atoms with Crippen molar-refractivity contribution in [2.45, 2.75) is 18.3 Å². The fourth-order valence-electron chi connectivity index (χ4n) is 0.371. The Morgan fingerprint density at radius 2 is 1.60 bits per heavy atom. The summed E-state index contributed by atoms with van der Waals surface area (Å²) in [4.78, 5) is 31.4. The SMILES string of the molecule is O=P(O)(O)O.[2H]C(O)[C@@H](O)[C@@H](O)[C@@H](O)C=O. The van der Waals surface area contributed by atoms with Crippen molar-refractivity contribution in [1.82, 2.24) is 0 Å². The number of phosphoric acid groups is 1. The van der Waals surface area contributed by atoms with Crippen LogP contribution in [0.3, 0.4) is 0 Å². The Balaban J connectivity index is 0. The minimum atomic E-state index is -4.64. The zero-order chi connectivity index (χ0) is 13.5. The lowest BCUT2D eigenvalue weighted by atomic mass is 10.1. The third-order valence-electron chi connectivity index (χ3n) is 0.992. The van der Waals surface area contributed by atoms with Crippen molar-refractivity contribution >= 4 is 14.1 Å². The first kappa shape index (κ1) is 14.6. The first-order valence-corrected chi connectivity index (χ1v) is 4.95. The van der Waals surface area contributed by atoms with Crippen molar-refractivity contribution in [3.05, 3.63) is 0 Å². The summed E-state index contributed by atoms with van der Waals surface area (Å²) in [5.41, 5.74) is 0. The number of aldehydes is 1. The summed E-state index contributed by atoms with van der Waals surface area (Å²) in [5.74, 6) is 0. The fourth-order valence-corrected chi connectivity index (χ4v) is 0.371. The van der Waals surface area contributed by atoms with Gasteiger partial charge in [-0.15, -0.1) is 0 Å². The summed E-state index contributed by atoms with van der Waals surface area (Å²) >= 11 is 0. The maximum atomic E-state index is 9.81. The van der Waals surface area contributed by atoms with Crippen LogP contribution in [0, 0.1) is 0 Å². The molecule has 7 N–H and O–H groups in total. The molecule has 0 aromatic rings. The molecule has 10 heteroatoms. The Hall–Kier alpha value is -0.380. The highest BCUT2D eigenvalue weighted by Crippen LogP contribution is 2.25. The molecular weight excluding hydrogens is 235 g/mol. The quantitative estimate of drug-likeness (QED) is 0.195. The molecule has 0 saturated carbocycles. The predicted octanol–water partition coefficient (Wildman–Crippen LogP) is -3.67. The molecule has 15 heavy (non-hydrogen) atoms. The highest BCUT2D eigenvalue weighted by atomic mass is 31.2. The van der Waals surface area contributed by atoms with Crippen molar-refractivity contribution in [3.63, 3.8) is 0 Å². The second-order valence-corrected chi connectivity index (χ2v) is 3.30. The van der Waals surface area contributed by atoms with E-state index in [-0.39, 0.29) is 6.29 Å². The van der Waals surface area contributed by atoms with E-state index in [1.54, 1.807) is 0 Å².